The first-order valence-corrected chi connectivity index (χ1v) is 8.04. The minimum atomic E-state index is -4.29. The molecule has 0 aliphatic heterocycles. The molecule has 0 saturated carbocycles. The minimum Gasteiger partial charge on any atom is -0.466 e. The van der Waals surface area contributed by atoms with Gasteiger partial charge in [-0.05, 0) is 50.1 Å². The highest BCUT2D eigenvalue weighted by molar-refractivity contribution is 5.24. The summed E-state index contributed by atoms with van der Waals surface area (Å²) in [4.78, 5) is 0. The molecule has 0 bridgehead atoms. The van der Waals surface area contributed by atoms with E-state index in [1.54, 1.807) is 0 Å². The second-order valence-corrected chi connectivity index (χ2v) is 6.97. The van der Waals surface area contributed by atoms with Crippen LogP contribution in [0.5, 0.6) is 0 Å². The van der Waals surface area contributed by atoms with Crippen molar-refractivity contribution in [1.29, 1.82) is 0 Å². The van der Waals surface area contributed by atoms with E-state index in [0.717, 1.165) is 35.6 Å². The molecule has 0 aliphatic rings. The van der Waals surface area contributed by atoms with Gasteiger partial charge in [-0.2, -0.15) is 13.2 Å². The highest BCUT2D eigenvalue weighted by Gasteiger charge is 2.30. The third-order valence-corrected chi connectivity index (χ3v) is 4.16. The van der Waals surface area contributed by atoms with Crippen LogP contribution in [0, 0.1) is 6.92 Å². The standard InChI is InChI=1S/C19H24F3NO/c1-13(11-18(3,4)17-10-5-14(2)24-17)23-12-15-6-8-16(9-7-15)19(20,21)22/h5-10,13,23H,11-12H2,1-4H3. The second-order valence-electron chi connectivity index (χ2n) is 6.97. The number of rotatable bonds is 6. The van der Waals surface area contributed by atoms with Gasteiger partial charge in [0.25, 0.3) is 0 Å². The van der Waals surface area contributed by atoms with Crippen molar-refractivity contribution >= 4 is 0 Å². The Bertz CT molecular complexity index is 656. The zero-order valence-electron chi connectivity index (χ0n) is 14.5. The molecule has 2 aromatic rings. The van der Waals surface area contributed by atoms with Gasteiger partial charge >= 0.3 is 6.18 Å². The molecule has 5 heteroatoms. The van der Waals surface area contributed by atoms with E-state index in [9.17, 15) is 13.2 Å². The molecule has 1 heterocycles. The summed E-state index contributed by atoms with van der Waals surface area (Å²) in [6.07, 6.45) is -3.43. The van der Waals surface area contributed by atoms with Gasteiger partial charge in [0.2, 0.25) is 0 Å². The number of alkyl halides is 3. The fourth-order valence-corrected chi connectivity index (χ4v) is 2.84. The van der Waals surface area contributed by atoms with Crippen molar-refractivity contribution in [3.63, 3.8) is 0 Å². The Morgan fingerprint density at radius 3 is 2.17 bits per heavy atom. The summed E-state index contributed by atoms with van der Waals surface area (Å²) in [6.45, 7) is 8.78. The van der Waals surface area contributed by atoms with Crippen molar-refractivity contribution in [2.24, 2.45) is 0 Å². The van der Waals surface area contributed by atoms with Crippen LogP contribution in [0.4, 0.5) is 13.2 Å². The maximum atomic E-state index is 12.6. The average molecular weight is 339 g/mol. The quantitative estimate of drug-likeness (QED) is 0.757. The Balaban J connectivity index is 1.90. The Hall–Kier alpha value is -1.75. The molecule has 1 unspecified atom stereocenters. The van der Waals surface area contributed by atoms with Crippen LogP contribution in [0.3, 0.4) is 0 Å². The maximum absolute atomic E-state index is 12.6. The van der Waals surface area contributed by atoms with Crippen LogP contribution >= 0.6 is 0 Å². The molecule has 0 fully saturated rings. The van der Waals surface area contributed by atoms with Crippen molar-refractivity contribution in [3.05, 3.63) is 59.0 Å². The average Bonchev–Trinajstić information content (AvgIpc) is 2.92. The molecule has 132 valence electrons. The van der Waals surface area contributed by atoms with Crippen LogP contribution in [0.1, 0.15) is 49.8 Å². The van der Waals surface area contributed by atoms with E-state index in [-0.39, 0.29) is 11.5 Å². The first-order valence-electron chi connectivity index (χ1n) is 8.04. The normalized spacial score (nSPS) is 14.0. The summed E-state index contributed by atoms with van der Waals surface area (Å²) in [5.74, 6) is 1.84. The summed E-state index contributed by atoms with van der Waals surface area (Å²) >= 11 is 0. The van der Waals surface area contributed by atoms with Gasteiger partial charge in [-0.15, -0.1) is 0 Å². The molecule has 24 heavy (non-hydrogen) atoms. The summed E-state index contributed by atoms with van der Waals surface area (Å²) in [6, 6.07) is 9.43. The Morgan fingerprint density at radius 1 is 1.04 bits per heavy atom. The van der Waals surface area contributed by atoms with E-state index in [0.29, 0.717) is 6.54 Å². The van der Waals surface area contributed by atoms with Gasteiger partial charge in [0.15, 0.2) is 0 Å². The smallest absolute Gasteiger partial charge is 0.416 e. The first kappa shape index (κ1) is 18.6. The van der Waals surface area contributed by atoms with Gasteiger partial charge in [0.1, 0.15) is 11.5 Å². The molecule has 0 radical (unpaired) electrons. The molecule has 1 atom stereocenters. The lowest BCUT2D eigenvalue weighted by atomic mass is 9.83. The van der Waals surface area contributed by atoms with E-state index in [2.05, 4.69) is 26.1 Å². The monoisotopic (exact) mass is 339 g/mol. The number of hydrogen-bond donors (Lipinski definition) is 1. The number of halogens is 3. The molecule has 2 rings (SSSR count). The van der Waals surface area contributed by atoms with Crippen molar-refractivity contribution < 1.29 is 17.6 Å². The molecule has 0 aliphatic carbocycles. The van der Waals surface area contributed by atoms with Crippen LogP contribution in [0.25, 0.3) is 0 Å². The van der Waals surface area contributed by atoms with Gasteiger partial charge in [-0.25, -0.2) is 0 Å². The zero-order valence-corrected chi connectivity index (χ0v) is 14.5. The molecule has 0 saturated heterocycles. The van der Waals surface area contributed by atoms with Gasteiger partial charge < -0.3 is 9.73 Å². The number of nitrogens with one attached hydrogen (secondary N) is 1. The van der Waals surface area contributed by atoms with Crippen molar-refractivity contribution in [2.75, 3.05) is 0 Å². The van der Waals surface area contributed by atoms with E-state index >= 15 is 0 Å². The predicted molar refractivity (Wildman–Crippen MR) is 88.8 cm³/mol. The van der Waals surface area contributed by atoms with Crippen LogP contribution in [-0.2, 0) is 18.1 Å². The third-order valence-electron chi connectivity index (χ3n) is 4.16. The highest BCUT2D eigenvalue weighted by atomic mass is 19.4. The van der Waals surface area contributed by atoms with E-state index in [1.807, 2.05) is 19.1 Å². The van der Waals surface area contributed by atoms with Crippen molar-refractivity contribution in [3.8, 4) is 0 Å². The summed E-state index contributed by atoms with van der Waals surface area (Å²) in [5, 5.41) is 3.37. The molecule has 1 aromatic heterocycles. The topological polar surface area (TPSA) is 25.2 Å². The lowest BCUT2D eigenvalue weighted by Gasteiger charge is -2.26. The number of benzene rings is 1. The number of aryl methyl sites for hydroxylation is 1. The summed E-state index contributed by atoms with van der Waals surface area (Å²) in [5.41, 5.74) is 0.107. The molecular formula is C19H24F3NO. The summed E-state index contributed by atoms with van der Waals surface area (Å²) in [7, 11) is 0. The van der Waals surface area contributed by atoms with Crippen molar-refractivity contribution in [1.82, 2.24) is 5.32 Å². The SMILES string of the molecule is Cc1ccc(C(C)(C)CC(C)NCc2ccc(C(F)(F)F)cc2)o1. The fourth-order valence-electron chi connectivity index (χ4n) is 2.84. The molecule has 0 amide bonds. The van der Waals surface area contributed by atoms with Crippen molar-refractivity contribution in [2.45, 2.75) is 58.3 Å². The molecular weight excluding hydrogens is 315 g/mol. The second kappa shape index (κ2) is 7.01. The maximum Gasteiger partial charge on any atom is 0.416 e. The first-order chi connectivity index (χ1) is 11.1. The Kier molecular flexibility index (Phi) is 5.43. The Morgan fingerprint density at radius 2 is 1.67 bits per heavy atom. The molecule has 1 aromatic carbocycles. The van der Waals surface area contributed by atoms with Crippen LogP contribution in [0.15, 0.2) is 40.8 Å². The predicted octanol–water partition coefficient (Wildman–Crippen LogP) is 5.45. The third kappa shape index (κ3) is 4.87. The van der Waals surface area contributed by atoms with E-state index in [4.69, 9.17) is 4.42 Å². The molecule has 0 spiro atoms. The fraction of sp³-hybridized carbons (Fsp3) is 0.474. The van der Waals surface area contributed by atoms with Gasteiger partial charge in [-0.1, -0.05) is 26.0 Å². The van der Waals surface area contributed by atoms with E-state index in [1.165, 1.54) is 12.1 Å². The molecule has 1 N–H and O–H groups in total. The summed E-state index contributed by atoms with van der Waals surface area (Å²) < 4.78 is 43.4. The van der Waals surface area contributed by atoms with E-state index < -0.39 is 11.7 Å². The van der Waals surface area contributed by atoms with Crippen LogP contribution < -0.4 is 5.32 Å². The van der Waals surface area contributed by atoms with Gasteiger partial charge in [-0.3, -0.25) is 0 Å². The number of furan rings is 1. The lowest BCUT2D eigenvalue weighted by molar-refractivity contribution is -0.137. The zero-order chi connectivity index (χ0) is 18.0. The number of hydrogen-bond acceptors (Lipinski definition) is 2. The Labute approximate surface area is 141 Å². The lowest BCUT2D eigenvalue weighted by Crippen LogP contribution is -2.32. The van der Waals surface area contributed by atoms with Gasteiger partial charge in [0, 0.05) is 18.0 Å². The minimum absolute atomic E-state index is 0.110. The highest BCUT2D eigenvalue weighted by Crippen LogP contribution is 2.30. The van der Waals surface area contributed by atoms with Gasteiger partial charge in [0.05, 0.1) is 5.56 Å². The molecule has 2 nitrogen and oxygen atoms in total. The largest absolute Gasteiger partial charge is 0.466 e. The van der Waals surface area contributed by atoms with Crippen LogP contribution in [-0.4, -0.2) is 6.04 Å². The van der Waals surface area contributed by atoms with Crippen LogP contribution in [0.2, 0.25) is 0 Å².